The van der Waals surface area contributed by atoms with Gasteiger partial charge in [-0.2, -0.15) is 0 Å². The maximum Gasteiger partial charge on any atom is 0.286 e. The first kappa shape index (κ1) is 8.49. The normalized spacial score (nSPS) is 17.5. The second-order valence-electron chi connectivity index (χ2n) is 1.12. The fourth-order valence-corrected chi connectivity index (χ4v) is 0.837. The Kier molecular flexibility index (Phi) is 3.72. The first-order chi connectivity index (χ1) is 3.29. The maximum atomic E-state index is 10.1. The van der Waals surface area contributed by atoms with Crippen molar-refractivity contribution in [1.29, 1.82) is 0 Å². The minimum absolute atomic E-state index is 0. The second-order valence-corrected chi connectivity index (χ2v) is 2.07. The van der Waals surface area contributed by atoms with Gasteiger partial charge in [-0.15, -0.1) is 0 Å². The Bertz CT molecular complexity index is 112. The standard InChI is InChI=1S/C3H3NO2S.Na/c5-2-1-7-3(6)4-2;/h1H2,(H,4,5,6);. The molecule has 1 N–H and O–H groups in total. The molecular weight excluding hydrogens is 137 g/mol. The summed E-state index contributed by atoms with van der Waals surface area (Å²) < 4.78 is 0. The molecule has 2 amide bonds. The summed E-state index contributed by atoms with van der Waals surface area (Å²) in [6.07, 6.45) is 0. The van der Waals surface area contributed by atoms with E-state index in [1.54, 1.807) is 0 Å². The maximum absolute atomic E-state index is 10.1. The van der Waals surface area contributed by atoms with Crippen molar-refractivity contribution in [2.75, 3.05) is 5.75 Å². The van der Waals surface area contributed by atoms with Crippen molar-refractivity contribution in [1.82, 2.24) is 5.32 Å². The molecule has 1 heterocycles. The minimum Gasteiger partial charge on any atom is -0.286 e. The number of imide groups is 1. The second kappa shape index (κ2) is 3.50. The van der Waals surface area contributed by atoms with E-state index >= 15 is 0 Å². The molecule has 1 saturated heterocycles. The van der Waals surface area contributed by atoms with Crippen LogP contribution in [0, 0.1) is 0 Å². The average Bonchev–Trinajstić information content (AvgIpc) is 1.87. The van der Waals surface area contributed by atoms with Gasteiger partial charge in [-0.05, 0) is 0 Å². The van der Waals surface area contributed by atoms with Crippen LogP contribution in [0.25, 0.3) is 0 Å². The van der Waals surface area contributed by atoms with Gasteiger partial charge in [-0.3, -0.25) is 14.9 Å². The molecule has 0 aromatic heterocycles. The number of carbonyl (C=O) groups excluding carboxylic acids is 2. The molecule has 0 spiro atoms. The fourth-order valence-electron chi connectivity index (χ4n) is 0.317. The number of thioether (sulfide) groups is 1. The third-order valence-corrected chi connectivity index (χ3v) is 1.35. The van der Waals surface area contributed by atoms with Crippen molar-refractivity contribution < 1.29 is 9.59 Å². The van der Waals surface area contributed by atoms with Crippen LogP contribution in [-0.4, -0.2) is 46.5 Å². The molecule has 5 heteroatoms. The first-order valence-electron chi connectivity index (χ1n) is 1.75. The summed E-state index contributed by atoms with van der Waals surface area (Å²) in [5.74, 6) is 0.105. The smallest absolute Gasteiger partial charge is 0.286 e. The predicted octanol–water partition coefficient (Wildman–Crippen LogP) is -0.411. The summed E-state index contributed by atoms with van der Waals surface area (Å²) in [7, 11) is 0. The summed E-state index contributed by atoms with van der Waals surface area (Å²) in [6.45, 7) is 0. The summed E-state index contributed by atoms with van der Waals surface area (Å²) in [5, 5.41) is 1.87. The van der Waals surface area contributed by atoms with Crippen LogP contribution in [0.4, 0.5) is 4.79 Å². The number of hydrogen-bond acceptors (Lipinski definition) is 3. The van der Waals surface area contributed by atoms with Gasteiger partial charge in [0.15, 0.2) is 0 Å². The van der Waals surface area contributed by atoms with Crippen LogP contribution >= 0.6 is 11.8 Å². The average molecular weight is 140 g/mol. The quantitative estimate of drug-likeness (QED) is 0.465. The molecule has 1 rings (SSSR count). The van der Waals surface area contributed by atoms with Gasteiger partial charge in [-0.1, -0.05) is 11.8 Å². The molecule has 1 aliphatic rings. The van der Waals surface area contributed by atoms with Crippen molar-refractivity contribution >= 4 is 52.5 Å². The molecule has 1 radical (unpaired) electrons. The number of rotatable bonds is 0. The van der Waals surface area contributed by atoms with Crippen molar-refractivity contribution in [2.45, 2.75) is 0 Å². The molecule has 1 aliphatic heterocycles. The topological polar surface area (TPSA) is 46.2 Å². The fraction of sp³-hybridized carbons (Fsp3) is 0.333. The molecule has 8 heavy (non-hydrogen) atoms. The molecule has 0 aromatic carbocycles. The Morgan fingerprint density at radius 1 is 1.50 bits per heavy atom. The number of nitrogens with one attached hydrogen (secondary N) is 1. The molecule has 0 bridgehead atoms. The predicted molar refractivity (Wildman–Crippen MR) is 31.8 cm³/mol. The van der Waals surface area contributed by atoms with Crippen LogP contribution in [0.1, 0.15) is 0 Å². The molecule has 0 atom stereocenters. The Hall–Kier alpha value is 0.490. The van der Waals surface area contributed by atoms with Gasteiger partial charge < -0.3 is 0 Å². The first-order valence-corrected chi connectivity index (χ1v) is 2.74. The molecule has 0 aromatic rings. The Morgan fingerprint density at radius 3 is 2.25 bits per heavy atom. The summed E-state index contributed by atoms with van der Waals surface area (Å²) in [4.78, 5) is 20.2. The van der Waals surface area contributed by atoms with Crippen LogP contribution in [0.15, 0.2) is 0 Å². The molecule has 1 fully saturated rings. The van der Waals surface area contributed by atoms with E-state index in [1.807, 2.05) is 0 Å². The van der Waals surface area contributed by atoms with Crippen LogP contribution < -0.4 is 5.32 Å². The zero-order valence-electron chi connectivity index (χ0n) is 4.43. The Balaban J connectivity index is 0.000000490. The zero-order chi connectivity index (χ0) is 5.28. The Morgan fingerprint density at radius 2 is 2.12 bits per heavy atom. The van der Waals surface area contributed by atoms with Crippen molar-refractivity contribution in [2.24, 2.45) is 0 Å². The van der Waals surface area contributed by atoms with E-state index in [4.69, 9.17) is 0 Å². The zero-order valence-corrected chi connectivity index (χ0v) is 7.25. The molecule has 3 nitrogen and oxygen atoms in total. The van der Waals surface area contributed by atoms with Crippen LogP contribution in [0.2, 0.25) is 0 Å². The van der Waals surface area contributed by atoms with E-state index in [0.717, 1.165) is 11.8 Å². The van der Waals surface area contributed by atoms with Crippen LogP contribution in [-0.2, 0) is 4.79 Å². The Labute approximate surface area is 72.9 Å². The van der Waals surface area contributed by atoms with Gasteiger partial charge in [0.25, 0.3) is 5.24 Å². The summed E-state index contributed by atoms with van der Waals surface area (Å²) in [6, 6.07) is 0. The molecular formula is C3H3NNaO2S. The van der Waals surface area contributed by atoms with E-state index in [0.29, 0.717) is 5.75 Å². The van der Waals surface area contributed by atoms with Crippen molar-refractivity contribution in [3.63, 3.8) is 0 Å². The van der Waals surface area contributed by atoms with Gasteiger partial charge >= 0.3 is 0 Å². The van der Waals surface area contributed by atoms with Crippen molar-refractivity contribution in [3.05, 3.63) is 0 Å². The number of amides is 2. The minimum atomic E-state index is -0.231. The van der Waals surface area contributed by atoms with E-state index in [2.05, 4.69) is 5.32 Å². The van der Waals surface area contributed by atoms with E-state index in [-0.39, 0.29) is 40.7 Å². The summed E-state index contributed by atoms with van der Waals surface area (Å²) in [5.41, 5.74) is 0. The molecule has 0 aliphatic carbocycles. The van der Waals surface area contributed by atoms with Gasteiger partial charge in [-0.25, -0.2) is 0 Å². The van der Waals surface area contributed by atoms with Gasteiger partial charge in [0.05, 0.1) is 5.75 Å². The van der Waals surface area contributed by atoms with E-state index in [9.17, 15) is 9.59 Å². The third-order valence-electron chi connectivity index (χ3n) is 0.576. The monoisotopic (exact) mass is 140 g/mol. The third kappa shape index (κ3) is 2.17. The molecule has 39 valence electrons. The molecule has 0 unspecified atom stereocenters. The van der Waals surface area contributed by atoms with Gasteiger partial charge in [0.1, 0.15) is 0 Å². The van der Waals surface area contributed by atoms with Gasteiger partial charge in [0, 0.05) is 29.6 Å². The number of carbonyl (C=O) groups is 2. The largest absolute Gasteiger partial charge is 0.286 e. The van der Waals surface area contributed by atoms with Crippen LogP contribution in [0.3, 0.4) is 0 Å². The SMILES string of the molecule is O=C1CSC(=O)N1.[Na]. The van der Waals surface area contributed by atoms with Gasteiger partial charge in [0.2, 0.25) is 5.91 Å². The number of hydrogen-bond donors (Lipinski definition) is 1. The summed E-state index contributed by atoms with van der Waals surface area (Å²) >= 11 is 1.01. The van der Waals surface area contributed by atoms with Crippen LogP contribution in [0.5, 0.6) is 0 Å². The van der Waals surface area contributed by atoms with E-state index in [1.165, 1.54) is 0 Å². The van der Waals surface area contributed by atoms with Crippen molar-refractivity contribution in [3.8, 4) is 0 Å². The van der Waals surface area contributed by atoms with E-state index < -0.39 is 0 Å². The molecule has 0 saturated carbocycles.